The van der Waals surface area contributed by atoms with Crippen molar-refractivity contribution in [1.29, 1.82) is 0 Å². The molecule has 0 heterocycles. The van der Waals surface area contributed by atoms with Crippen molar-refractivity contribution in [1.82, 2.24) is 0 Å². The molecule has 1 aromatic rings. The van der Waals surface area contributed by atoms with Crippen LogP contribution < -0.4 is 5.19 Å². The van der Waals surface area contributed by atoms with Gasteiger partial charge in [0.2, 0.25) is 0 Å². The monoisotopic (exact) mass is 299 g/mol. The maximum atomic E-state index is 3.63. The Balaban J connectivity index is 3.39. The first-order valence-corrected chi connectivity index (χ1v) is 10.3. The van der Waals surface area contributed by atoms with E-state index in [1.54, 1.807) is 0 Å². The van der Waals surface area contributed by atoms with Gasteiger partial charge >= 0.3 is 109 Å². The van der Waals surface area contributed by atoms with Gasteiger partial charge in [-0.2, -0.15) is 0 Å². The molecule has 16 heavy (non-hydrogen) atoms. The van der Waals surface area contributed by atoms with Gasteiger partial charge in [0.05, 0.1) is 0 Å². The predicted molar refractivity (Wildman–Crippen MR) is 77.0 cm³/mol. The van der Waals surface area contributed by atoms with E-state index in [0.717, 1.165) is 0 Å². The van der Waals surface area contributed by atoms with E-state index in [2.05, 4.69) is 87.2 Å². The summed E-state index contributed by atoms with van der Waals surface area (Å²) in [6.45, 7) is 12.6. The van der Waals surface area contributed by atoms with E-state index in [-0.39, 0.29) is 0 Å². The molecule has 0 aromatic heterocycles. The SMILES string of the molecule is CC(C)(C)[Si]([Se-])(c1ccccc1)C(C)(C)C. The van der Waals surface area contributed by atoms with Gasteiger partial charge in [-0.25, -0.2) is 0 Å². The Morgan fingerprint density at radius 3 is 1.50 bits per heavy atom. The molecule has 1 aromatic carbocycles. The molecule has 0 nitrogen and oxygen atoms in total. The molecule has 1 rings (SSSR count). The topological polar surface area (TPSA) is 0 Å². The average Bonchev–Trinajstić information content (AvgIpc) is 2.14. The Morgan fingerprint density at radius 2 is 1.19 bits per heavy atom. The van der Waals surface area contributed by atoms with Crippen LogP contribution in [0.15, 0.2) is 30.3 Å². The Morgan fingerprint density at radius 1 is 0.812 bits per heavy atom. The fourth-order valence-electron chi connectivity index (χ4n) is 2.66. The number of rotatable bonds is 1. The zero-order chi connectivity index (χ0) is 12.6. The molecule has 90 valence electrons. The maximum absolute atomic E-state index is 3.63. The quantitative estimate of drug-likeness (QED) is 0.695. The number of hydrogen-bond acceptors (Lipinski definition) is 0. The van der Waals surface area contributed by atoms with Gasteiger partial charge in [0.15, 0.2) is 0 Å². The van der Waals surface area contributed by atoms with E-state index >= 15 is 0 Å². The average molecular weight is 298 g/mol. The van der Waals surface area contributed by atoms with Crippen LogP contribution in [0.5, 0.6) is 0 Å². The Hall–Kier alpha value is -0.0436. The van der Waals surface area contributed by atoms with Crippen molar-refractivity contribution in [2.24, 2.45) is 0 Å². The summed E-state index contributed by atoms with van der Waals surface area (Å²) in [7, 11) is 0. The van der Waals surface area contributed by atoms with E-state index in [4.69, 9.17) is 0 Å². The summed E-state index contributed by atoms with van der Waals surface area (Å²) >= 11 is 3.63. The minimum atomic E-state index is -1.65. The molecular formula is C14H23SeSi-. The van der Waals surface area contributed by atoms with E-state index in [1.807, 2.05) is 0 Å². The molecule has 0 fully saturated rings. The molecule has 0 radical (unpaired) electrons. The summed E-state index contributed by atoms with van der Waals surface area (Å²) in [5, 5.41) is 2.18. The fraction of sp³-hybridized carbons (Fsp3) is 0.571. The fourth-order valence-corrected chi connectivity index (χ4v) is 8.16. The molecule has 0 N–H and O–H groups in total. The number of hydrogen-bond donors (Lipinski definition) is 0. The summed E-state index contributed by atoms with van der Waals surface area (Å²) < 4.78 is 0. The van der Waals surface area contributed by atoms with E-state index < -0.39 is 6.68 Å². The van der Waals surface area contributed by atoms with Crippen molar-refractivity contribution in [3.05, 3.63) is 30.3 Å². The van der Waals surface area contributed by atoms with Crippen LogP contribution in [0.1, 0.15) is 41.5 Å². The van der Waals surface area contributed by atoms with Crippen LogP contribution in [-0.4, -0.2) is 22.1 Å². The van der Waals surface area contributed by atoms with Gasteiger partial charge in [-0.05, 0) is 0 Å². The zero-order valence-corrected chi connectivity index (χ0v) is 14.0. The summed E-state index contributed by atoms with van der Waals surface area (Å²) in [6, 6.07) is 11.0. The predicted octanol–water partition coefficient (Wildman–Crippen LogP) is 3.61. The summed E-state index contributed by atoms with van der Waals surface area (Å²) in [5.41, 5.74) is 0. The normalized spacial score (nSPS) is 13.9. The van der Waals surface area contributed by atoms with Gasteiger partial charge in [-0.1, -0.05) is 0 Å². The molecule has 0 bridgehead atoms. The Bertz CT molecular complexity index is 329. The third kappa shape index (κ3) is 2.29. The molecule has 0 atom stereocenters. The minimum absolute atomic E-state index is 0.326. The van der Waals surface area contributed by atoms with Crippen molar-refractivity contribution in [2.75, 3.05) is 0 Å². The number of benzene rings is 1. The molecule has 0 aliphatic carbocycles. The van der Waals surface area contributed by atoms with Gasteiger partial charge in [0.1, 0.15) is 0 Å². The molecular weight excluding hydrogens is 275 g/mol. The van der Waals surface area contributed by atoms with Crippen LogP contribution in [0.2, 0.25) is 10.1 Å². The van der Waals surface area contributed by atoms with Gasteiger partial charge in [-0.3, -0.25) is 0 Å². The first-order valence-electron chi connectivity index (χ1n) is 5.86. The molecule has 2 heteroatoms. The van der Waals surface area contributed by atoms with Crippen molar-refractivity contribution in [3.8, 4) is 0 Å². The Labute approximate surface area is 109 Å². The van der Waals surface area contributed by atoms with Crippen LogP contribution in [-0.2, 0) is 0 Å². The zero-order valence-electron chi connectivity index (χ0n) is 11.3. The summed E-state index contributed by atoms with van der Waals surface area (Å²) in [6.07, 6.45) is 0. The molecule has 0 saturated heterocycles. The second-order valence-electron chi connectivity index (χ2n) is 6.55. The van der Waals surface area contributed by atoms with Gasteiger partial charge in [0, 0.05) is 0 Å². The van der Waals surface area contributed by atoms with Gasteiger partial charge in [0.25, 0.3) is 0 Å². The summed E-state index contributed by atoms with van der Waals surface area (Å²) in [4.78, 5) is 0. The first-order chi connectivity index (χ1) is 7.11. The molecule has 0 amide bonds. The Kier molecular flexibility index (Phi) is 3.79. The van der Waals surface area contributed by atoms with Crippen LogP contribution in [0, 0.1) is 0 Å². The van der Waals surface area contributed by atoms with Crippen LogP contribution in [0.25, 0.3) is 0 Å². The molecule has 0 aliphatic rings. The van der Waals surface area contributed by atoms with Crippen molar-refractivity contribution in [3.63, 3.8) is 0 Å². The van der Waals surface area contributed by atoms with Crippen molar-refractivity contribution < 1.29 is 0 Å². The second-order valence-corrected chi connectivity index (χ2v) is 15.3. The summed E-state index contributed by atoms with van der Waals surface area (Å²) in [5.74, 6) is 0. The molecule has 0 saturated carbocycles. The van der Waals surface area contributed by atoms with Gasteiger partial charge in [-0.15, -0.1) is 0 Å². The van der Waals surface area contributed by atoms with E-state index in [1.165, 1.54) is 5.19 Å². The van der Waals surface area contributed by atoms with Crippen molar-refractivity contribution >= 4 is 27.2 Å². The van der Waals surface area contributed by atoms with E-state index in [0.29, 0.717) is 10.1 Å². The van der Waals surface area contributed by atoms with Crippen LogP contribution in [0.3, 0.4) is 0 Å². The standard InChI is InChI=1S/C14H23SeSi/c1-13(2,3)16(15,14(4,5)6)12-10-8-7-9-11-12/h7-11H,1-6H3/q-1. The molecule has 0 aliphatic heterocycles. The third-order valence-electron chi connectivity index (χ3n) is 3.29. The second kappa shape index (κ2) is 4.32. The first kappa shape index (κ1) is 14.0. The third-order valence-corrected chi connectivity index (χ3v) is 17.9. The van der Waals surface area contributed by atoms with Gasteiger partial charge < -0.3 is 0 Å². The van der Waals surface area contributed by atoms with Crippen LogP contribution >= 0.6 is 0 Å². The van der Waals surface area contributed by atoms with Crippen molar-refractivity contribution in [2.45, 2.75) is 51.6 Å². The van der Waals surface area contributed by atoms with E-state index in [9.17, 15) is 0 Å². The van der Waals surface area contributed by atoms with Crippen LogP contribution in [0.4, 0.5) is 0 Å². The molecule has 0 spiro atoms. The molecule has 0 unspecified atom stereocenters.